The summed E-state index contributed by atoms with van der Waals surface area (Å²) < 4.78 is 18.0. The SMILES string of the molecule is COC(=O)c1sc(C(O)C(C)(C)F)nc1C. The van der Waals surface area contributed by atoms with E-state index in [1.54, 1.807) is 6.92 Å². The summed E-state index contributed by atoms with van der Waals surface area (Å²) in [5, 5.41) is 9.86. The van der Waals surface area contributed by atoms with Crippen LogP contribution in [-0.4, -0.2) is 28.8 Å². The first-order valence-corrected chi connectivity index (χ1v) is 5.51. The molecule has 0 amide bonds. The normalized spacial score (nSPS) is 13.6. The van der Waals surface area contributed by atoms with Crippen molar-refractivity contribution in [1.29, 1.82) is 0 Å². The molecule has 0 spiro atoms. The van der Waals surface area contributed by atoms with Gasteiger partial charge in [0.05, 0.1) is 12.8 Å². The highest BCUT2D eigenvalue weighted by atomic mass is 32.1. The molecule has 0 aromatic carbocycles. The summed E-state index contributed by atoms with van der Waals surface area (Å²) >= 11 is 0.952. The summed E-state index contributed by atoms with van der Waals surface area (Å²) in [7, 11) is 1.26. The number of halogens is 1. The predicted octanol–water partition coefficient (Wildman–Crippen LogP) is 2.02. The van der Waals surface area contributed by atoms with Gasteiger partial charge >= 0.3 is 5.97 Å². The number of aryl methyl sites for hydroxylation is 1. The number of esters is 1. The quantitative estimate of drug-likeness (QED) is 0.830. The molecule has 0 aliphatic heterocycles. The third-order valence-electron chi connectivity index (χ3n) is 2.07. The summed E-state index contributed by atoms with van der Waals surface area (Å²) in [5.74, 6) is -0.523. The fourth-order valence-corrected chi connectivity index (χ4v) is 2.25. The third-order valence-corrected chi connectivity index (χ3v) is 3.26. The second-order valence-electron chi connectivity index (χ2n) is 3.93. The van der Waals surface area contributed by atoms with E-state index in [1.807, 2.05) is 0 Å². The van der Waals surface area contributed by atoms with Crippen molar-refractivity contribution in [1.82, 2.24) is 4.98 Å². The molecule has 0 saturated heterocycles. The molecule has 0 radical (unpaired) electrons. The number of aromatic nitrogens is 1. The van der Waals surface area contributed by atoms with Crippen molar-refractivity contribution in [2.45, 2.75) is 32.5 Å². The number of hydrogen-bond donors (Lipinski definition) is 1. The zero-order valence-electron chi connectivity index (χ0n) is 9.57. The van der Waals surface area contributed by atoms with E-state index in [1.165, 1.54) is 21.0 Å². The molecular formula is C10H14FNO3S. The minimum absolute atomic E-state index is 0.186. The van der Waals surface area contributed by atoms with Crippen molar-refractivity contribution in [2.24, 2.45) is 0 Å². The van der Waals surface area contributed by atoms with Gasteiger partial charge in [0, 0.05) is 0 Å². The highest BCUT2D eigenvalue weighted by Crippen LogP contribution is 2.32. The van der Waals surface area contributed by atoms with Gasteiger partial charge in [-0.05, 0) is 20.8 Å². The molecule has 1 atom stereocenters. The lowest BCUT2D eigenvalue weighted by molar-refractivity contribution is 0.0159. The second kappa shape index (κ2) is 4.47. The van der Waals surface area contributed by atoms with Crippen LogP contribution in [0, 0.1) is 6.92 Å². The predicted molar refractivity (Wildman–Crippen MR) is 58.3 cm³/mol. The smallest absolute Gasteiger partial charge is 0.349 e. The van der Waals surface area contributed by atoms with Gasteiger partial charge in [-0.15, -0.1) is 11.3 Å². The molecule has 0 saturated carbocycles. The maximum Gasteiger partial charge on any atom is 0.349 e. The van der Waals surface area contributed by atoms with Crippen LogP contribution in [0.15, 0.2) is 0 Å². The Labute approximate surface area is 97.1 Å². The minimum atomic E-state index is -1.79. The molecule has 4 nitrogen and oxygen atoms in total. The Kier molecular flexibility index (Phi) is 3.64. The van der Waals surface area contributed by atoms with Crippen LogP contribution in [0.25, 0.3) is 0 Å². The Morgan fingerprint density at radius 3 is 2.62 bits per heavy atom. The number of nitrogens with zero attached hydrogens (tertiary/aromatic N) is 1. The Morgan fingerprint density at radius 1 is 1.62 bits per heavy atom. The minimum Gasteiger partial charge on any atom is -0.465 e. The Morgan fingerprint density at radius 2 is 2.19 bits per heavy atom. The molecule has 16 heavy (non-hydrogen) atoms. The highest BCUT2D eigenvalue weighted by Gasteiger charge is 2.32. The zero-order chi connectivity index (χ0) is 12.5. The number of rotatable bonds is 3. The molecule has 0 fully saturated rings. The van der Waals surface area contributed by atoms with E-state index in [0.717, 1.165) is 11.3 Å². The number of aliphatic hydroxyl groups is 1. The molecule has 1 N–H and O–H groups in total. The number of carbonyl (C=O) groups is 1. The van der Waals surface area contributed by atoms with Gasteiger partial charge in [0.2, 0.25) is 0 Å². The largest absolute Gasteiger partial charge is 0.465 e. The highest BCUT2D eigenvalue weighted by molar-refractivity contribution is 7.13. The summed E-state index contributed by atoms with van der Waals surface area (Å²) in [6, 6.07) is 0. The molecule has 90 valence electrons. The number of carbonyl (C=O) groups excluding carboxylic acids is 1. The monoisotopic (exact) mass is 247 g/mol. The zero-order valence-corrected chi connectivity index (χ0v) is 10.4. The lowest BCUT2D eigenvalue weighted by atomic mass is 10.1. The van der Waals surface area contributed by atoms with Crippen LogP contribution < -0.4 is 0 Å². The Hall–Kier alpha value is -1.01. The lowest BCUT2D eigenvalue weighted by Gasteiger charge is -2.19. The van der Waals surface area contributed by atoms with E-state index in [2.05, 4.69) is 9.72 Å². The summed E-state index contributed by atoms with van der Waals surface area (Å²) in [5.41, 5.74) is -1.35. The summed E-state index contributed by atoms with van der Waals surface area (Å²) in [6.45, 7) is 4.13. The van der Waals surface area contributed by atoms with Crippen molar-refractivity contribution in [3.63, 3.8) is 0 Å². The summed E-state index contributed by atoms with van der Waals surface area (Å²) in [6.07, 6.45) is -1.34. The van der Waals surface area contributed by atoms with Crippen molar-refractivity contribution in [3.8, 4) is 0 Å². The number of alkyl halides is 1. The van der Waals surface area contributed by atoms with E-state index in [4.69, 9.17) is 0 Å². The maximum absolute atomic E-state index is 13.5. The van der Waals surface area contributed by atoms with E-state index >= 15 is 0 Å². The first kappa shape index (κ1) is 13.1. The van der Waals surface area contributed by atoms with Gasteiger partial charge in [0.25, 0.3) is 0 Å². The van der Waals surface area contributed by atoms with Gasteiger partial charge in [0.15, 0.2) is 0 Å². The van der Waals surface area contributed by atoms with Crippen molar-refractivity contribution in [2.75, 3.05) is 7.11 Å². The third kappa shape index (κ3) is 2.56. The van der Waals surface area contributed by atoms with Gasteiger partial charge < -0.3 is 9.84 Å². The second-order valence-corrected chi connectivity index (χ2v) is 4.96. The van der Waals surface area contributed by atoms with Crippen LogP contribution in [0.3, 0.4) is 0 Å². The number of hydrogen-bond acceptors (Lipinski definition) is 5. The number of methoxy groups -OCH3 is 1. The number of ether oxygens (including phenoxy) is 1. The van der Waals surface area contributed by atoms with Gasteiger partial charge in [-0.25, -0.2) is 14.2 Å². The average molecular weight is 247 g/mol. The standard InChI is InChI=1S/C10H14FNO3S/c1-5-6(9(14)15-4)16-8(12-5)7(13)10(2,3)11/h7,13H,1-4H3. The molecule has 1 aromatic rings. The van der Waals surface area contributed by atoms with Gasteiger partial charge in [-0.3, -0.25) is 0 Å². The van der Waals surface area contributed by atoms with E-state index in [9.17, 15) is 14.3 Å². The molecule has 1 rings (SSSR count). The Bertz CT molecular complexity index is 397. The average Bonchev–Trinajstić information content (AvgIpc) is 2.56. The first-order chi connectivity index (χ1) is 7.27. The van der Waals surface area contributed by atoms with Gasteiger partial charge in [-0.2, -0.15) is 0 Å². The number of aliphatic hydroxyl groups excluding tert-OH is 1. The summed E-state index contributed by atoms with van der Waals surface area (Å²) in [4.78, 5) is 15.6. The fourth-order valence-electron chi connectivity index (χ4n) is 1.11. The first-order valence-electron chi connectivity index (χ1n) is 4.70. The molecular weight excluding hydrogens is 233 g/mol. The van der Waals surface area contributed by atoms with Crippen molar-refractivity contribution in [3.05, 3.63) is 15.6 Å². The van der Waals surface area contributed by atoms with Crippen LogP contribution >= 0.6 is 11.3 Å². The van der Waals surface area contributed by atoms with Crippen LogP contribution in [0.4, 0.5) is 4.39 Å². The molecule has 0 bridgehead atoms. The molecule has 0 aliphatic carbocycles. The van der Waals surface area contributed by atoms with Crippen LogP contribution in [0.1, 0.15) is 40.3 Å². The maximum atomic E-state index is 13.5. The van der Waals surface area contributed by atoms with Crippen LogP contribution in [0.2, 0.25) is 0 Å². The van der Waals surface area contributed by atoms with Crippen LogP contribution in [-0.2, 0) is 4.74 Å². The topological polar surface area (TPSA) is 59.4 Å². The van der Waals surface area contributed by atoms with Crippen LogP contribution in [0.5, 0.6) is 0 Å². The van der Waals surface area contributed by atoms with Gasteiger partial charge in [0.1, 0.15) is 21.7 Å². The fraction of sp³-hybridized carbons (Fsp3) is 0.600. The molecule has 6 heteroatoms. The molecule has 1 aromatic heterocycles. The van der Waals surface area contributed by atoms with E-state index in [-0.39, 0.29) is 5.01 Å². The molecule has 1 unspecified atom stereocenters. The van der Waals surface area contributed by atoms with E-state index in [0.29, 0.717) is 10.6 Å². The van der Waals surface area contributed by atoms with E-state index < -0.39 is 17.7 Å². The Balaban J connectivity index is 3.06. The van der Waals surface area contributed by atoms with Gasteiger partial charge in [-0.1, -0.05) is 0 Å². The molecule has 1 heterocycles. The number of thiazole rings is 1. The lowest BCUT2D eigenvalue weighted by Crippen LogP contribution is -2.23. The van der Waals surface area contributed by atoms with Crippen molar-refractivity contribution < 1.29 is 19.0 Å². The molecule has 0 aliphatic rings. The van der Waals surface area contributed by atoms with Crippen molar-refractivity contribution >= 4 is 17.3 Å².